The van der Waals surface area contributed by atoms with Gasteiger partial charge in [-0.25, -0.2) is 4.99 Å². The van der Waals surface area contributed by atoms with E-state index >= 15 is 0 Å². The Labute approximate surface area is 149 Å². The minimum atomic E-state index is -1.72. The summed E-state index contributed by atoms with van der Waals surface area (Å²) in [4.78, 5) is 14.8. The zero-order valence-electron chi connectivity index (χ0n) is 14.3. The lowest BCUT2D eigenvalue weighted by molar-refractivity contribution is -0.384. The number of aliphatic imine (C=N–C) groups is 1. The van der Waals surface area contributed by atoms with Gasteiger partial charge < -0.3 is 15.2 Å². The van der Waals surface area contributed by atoms with E-state index in [4.69, 9.17) is 15.2 Å². The first-order valence-corrected chi connectivity index (χ1v) is 8.11. The van der Waals surface area contributed by atoms with Gasteiger partial charge in [0.25, 0.3) is 11.6 Å². The van der Waals surface area contributed by atoms with Crippen LogP contribution in [0.25, 0.3) is 0 Å². The van der Waals surface area contributed by atoms with Crippen LogP contribution in [-0.4, -0.2) is 29.9 Å². The first-order valence-electron chi connectivity index (χ1n) is 8.11. The maximum atomic E-state index is 11.1. The molecule has 0 unspecified atom stereocenters. The van der Waals surface area contributed by atoms with Crippen molar-refractivity contribution in [1.82, 2.24) is 0 Å². The van der Waals surface area contributed by atoms with E-state index in [1.807, 2.05) is 0 Å². The number of nitrogens with zero attached hydrogens (tertiary/aromatic N) is 4. The van der Waals surface area contributed by atoms with Gasteiger partial charge in [0.1, 0.15) is 11.3 Å². The highest BCUT2D eigenvalue weighted by Gasteiger charge is 2.93. The van der Waals surface area contributed by atoms with Gasteiger partial charge in [-0.1, -0.05) is 12.1 Å². The number of nitriles is 2. The molecule has 9 nitrogen and oxygen atoms in total. The first kappa shape index (κ1) is 17.8. The summed E-state index contributed by atoms with van der Waals surface area (Å²) in [7, 11) is 0. The number of nitro groups is 1. The molecule has 3 rings (SSSR count). The second kappa shape index (κ2) is 5.77. The molecular formula is C17H17N5O4. The standard InChI is InChI=1S/C17H17N5O4/c1-3-25-17(26-4-2)16(10-19)13(15(16,9-18)14(20)21-17)11-6-5-7-12(8-11)22(23)24/h5-8,13H,3-4H2,1-2H3,(H2,20,21)/t13-,15-,16-/m1/s1. The molecule has 26 heavy (non-hydrogen) atoms. The van der Waals surface area contributed by atoms with E-state index < -0.39 is 27.6 Å². The molecule has 1 aromatic rings. The van der Waals surface area contributed by atoms with E-state index in [1.165, 1.54) is 18.2 Å². The molecular weight excluding hydrogens is 338 g/mol. The van der Waals surface area contributed by atoms with Gasteiger partial charge in [-0.15, -0.1) is 0 Å². The topological polar surface area (TPSA) is 148 Å². The third-order valence-electron chi connectivity index (χ3n) is 5.02. The van der Waals surface area contributed by atoms with E-state index in [-0.39, 0.29) is 24.7 Å². The molecule has 1 aliphatic heterocycles. The zero-order chi connectivity index (χ0) is 19.2. The number of rotatable bonds is 6. The summed E-state index contributed by atoms with van der Waals surface area (Å²) in [6.45, 7) is 3.80. The van der Waals surface area contributed by atoms with Crippen LogP contribution in [0.1, 0.15) is 25.3 Å². The summed E-state index contributed by atoms with van der Waals surface area (Å²) in [5, 5.41) is 31.1. The highest BCUT2D eigenvalue weighted by Crippen LogP contribution is 2.82. The van der Waals surface area contributed by atoms with Gasteiger partial charge in [0.05, 0.1) is 17.1 Å². The summed E-state index contributed by atoms with van der Waals surface area (Å²) in [5.41, 5.74) is 3.41. The van der Waals surface area contributed by atoms with Gasteiger partial charge in [-0.3, -0.25) is 10.1 Å². The molecule has 1 fully saturated rings. The molecule has 0 radical (unpaired) electrons. The highest BCUT2D eigenvalue weighted by molar-refractivity contribution is 6.00. The fourth-order valence-electron chi connectivity index (χ4n) is 4.07. The second-order valence-electron chi connectivity index (χ2n) is 6.07. The number of nitrogens with two attached hydrogens (primary N) is 1. The number of non-ortho nitro benzene ring substituents is 1. The van der Waals surface area contributed by atoms with Crippen molar-refractivity contribution < 1.29 is 14.4 Å². The normalized spacial score (nSPS) is 30.6. The van der Waals surface area contributed by atoms with Gasteiger partial charge in [-0.05, 0) is 19.4 Å². The maximum Gasteiger partial charge on any atom is 0.293 e. The number of benzene rings is 1. The Balaban J connectivity index is 2.22. The minimum absolute atomic E-state index is 0.0556. The van der Waals surface area contributed by atoms with Crippen LogP contribution < -0.4 is 5.73 Å². The molecule has 1 saturated carbocycles. The highest BCUT2D eigenvalue weighted by atomic mass is 16.7. The van der Waals surface area contributed by atoms with Crippen molar-refractivity contribution in [2.24, 2.45) is 21.6 Å². The van der Waals surface area contributed by atoms with Gasteiger partial charge in [0.15, 0.2) is 5.41 Å². The number of amidine groups is 1. The Kier molecular flexibility index (Phi) is 3.95. The Hall–Kier alpha value is -3.01. The molecule has 0 saturated heterocycles. The van der Waals surface area contributed by atoms with Crippen LogP contribution in [0.3, 0.4) is 0 Å². The quantitative estimate of drug-likeness (QED) is 0.464. The van der Waals surface area contributed by atoms with Crippen LogP contribution in [0.4, 0.5) is 5.69 Å². The predicted molar refractivity (Wildman–Crippen MR) is 89.5 cm³/mol. The van der Waals surface area contributed by atoms with Crippen molar-refractivity contribution in [1.29, 1.82) is 10.5 Å². The predicted octanol–water partition coefficient (Wildman–Crippen LogP) is 1.81. The van der Waals surface area contributed by atoms with E-state index in [2.05, 4.69) is 17.1 Å². The van der Waals surface area contributed by atoms with Crippen LogP contribution in [-0.2, 0) is 9.47 Å². The molecule has 2 N–H and O–H groups in total. The molecule has 0 amide bonds. The Bertz CT molecular complexity index is 880. The average Bonchev–Trinajstić information content (AvgIpc) is 3.21. The fourth-order valence-corrected chi connectivity index (χ4v) is 4.07. The van der Waals surface area contributed by atoms with Crippen molar-refractivity contribution in [2.45, 2.75) is 25.7 Å². The molecule has 0 bridgehead atoms. The molecule has 1 aromatic carbocycles. The summed E-state index contributed by atoms with van der Waals surface area (Å²) < 4.78 is 11.4. The lowest BCUT2D eigenvalue weighted by Gasteiger charge is -2.31. The van der Waals surface area contributed by atoms with Crippen molar-refractivity contribution in [3.8, 4) is 12.1 Å². The number of ether oxygens (including phenoxy) is 2. The largest absolute Gasteiger partial charge is 0.386 e. The fraction of sp³-hybridized carbons (Fsp3) is 0.471. The average molecular weight is 355 g/mol. The summed E-state index contributed by atoms with van der Waals surface area (Å²) in [6, 6.07) is 10.1. The third-order valence-corrected chi connectivity index (χ3v) is 5.02. The molecule has 1 heterocycles. The van der Waals surface area contributed by atoms with E-state index in [0.29, 0.717) is 5.56 Å². The van der Waals surface area contributed by atoms with Crippen molar-refractivity contribution >= 4 is 11.5 Å². The molecule has 0 spiro atoms. The smallest absolute Gasteiger partial charge is 0.293 e. The molecule has 9 heteroatoms. The molecule has 0 aromatic heterocycles. The Morgan fingerprint density at radius 2 is 1.96 bits per heavy atom. The van der Waals surface area contributed by atoms with Gasteiger partial charge >= 0.3 is 0 Å². The van der Waals surface area contributed by atoms with Crippen LogP contribution in [0.2, 0.25) is 0 Å². The van der Waals surface area contributed by atoms with E-state index in [9.17, 15) is 20.6 Å². The van der Waals surface area contributed by atoms with Gasteiger partial charge in [-0.2, -0.15) is 10.5 Å². The van der Waals surface area contributed by atoms with Crippen LogP contribution in [0, 0.1) is 43.6 Å². The Morgan fingerprint density at radius 3 is 2.46 bits per heavy atom. The van der Waals surface area contributed by atoms with E-state index in [0.717, 1.165) is 0 Å². The number of hydrogen-bond donors (Lipinski definition) is 1. The number of nitro benzene ring substituents is 1. The molecule has 2 aliphatic rings. The van der Waals surface area contributed by atoms with Crippen molar-refractivity contribution in [2.75, 3.05) is 13.2 Å². The molecule has 134 valence electrons. The minimum Gasteiger partial charge on any atom is -0.386 e. The first-order chi connectivity index (χ1) is 12.4. The number of hydrogen-bond acceptors (Lipinski definition) is 8. The monoisotopic (exact) mass is 355 g/mol. The summed E-state index contributed by atoms with van der Waals surface area (Å²) in [5.74, 6) is -2.53. The lowest BCUT2D eigenvalue weighted by Crippen LogP contribution is -2.43. The Morgan fingerprint density at radius 1 is 1.31 bits per heavy atom. The zero-order valence-corrected chi connectivity index (χ0v) is 14.3. The van der Waals surface area contributed by atoms with Gasteiger partial charge in [0.2, 0.25) is 0 Å². The lowest BCUT2D eigenvalue weighted by atomic mass is 9.93. The van der Waals surface area contributed by atoms with Crippen LogP contribution in [0.5, 0.6) is 0 Å². The second-order valence-corrected chi connectivity index (χ2v) is 6.07. The van der Waals surface area contributed by atoms with Crippen LogP contribution >= 0.6 is 0 Å². The number of fused-ring (bicyclic) bond motifs is 1. The maximum absolute atomic E-state index is 11.1. The van der Waals surface area contributed by atoms with Crippen LogP contribution in [0.15, 0.2) is 29.3 Å². The van der Waals surface area contributed by atoms with Crippen molar-refractivity contribution in [3.63, 3.8) is 0 Å². The molecule has 1 aliphatic carbocycles. The third kappa shape index (κ3) is 1.81. The van der Waals surface area contributed by atoms with Gasteiger partial charge in [0, 0.05) is 31.3 Å². The SMILES string of the molecule is CCOC1(OCC)N=C(N)[C@@]2(C#N)[C@@H](c3cccc([N+](=O)[O-])c3)[C@@]12C#N. The van der Waals surface area contributed by atoms with Crippen molar-refractivity contribution in [3.05, 3.63) is 39.9 Å². The summed E-state index contributed by atoms with van der Waals surface area (Å²) in [6.07, 6.45) is 0. The molecule has 3 atom stereocenters. The van der Waals surface area contributed by atoms with E-state index in [1.54, 1.807) is 19.9 Å². The summed E-state index contributed by atoms with van der Waals surface area (Å²) >= 11 is 0.